The Kier molecular flexibility index (Phi) is 2.49. The minimum Gasteiger partial charge on any atom is -0.478 e. The zero-order chi connectivity index (χ0) is 13.4. The van der Waals surface area contributed by atoms with Crippen LogP contribution in [0.5, 0.6) is 0 Å². The van der Waals surface area contributed by atoms with Gasteiger partial charge in [0, 0.05) is 5.56 Å². The number of aromatic nitrogens is 4. The first-order valence-corrected chi connectivity index (χ1v) is 5.66. The van der Waals surface area contributed by atoms with E-state index in [-0.39, 0.29) is 5.56 Å². The molecule has 0 aliphatic rings. The predicted octanol–water partition coefficient (Wildman–Crippen LogP) is 2.03. The Morgan fingerprint density at radius 1 is 1.26 bits per heavy atom. The molecule has 3 rings (SSSR count). The first-order valence-electron chi connectivity index (χ1n) is 5.66. The molecule has 0 amide bonds. The van der Waals surface area contributed by atoms with Crippen molar-refractivity contribution in [3.63, 3.8) is 0 Å². The first kappa shape index (κ1) is 11.3. The SMILES string of the molecule is Cc1[nH]nc2cnc(-c3ccc(C(=O)O)cc3)nc12. The first-order chi connectivity index (χ1) is 9.15. The Hall–Kier alpha value is -2.76. The number of nitrogens with one attached hydrogen (secondary N) is 1. The minimum absolute atomic E-state index is 0.240. The molecular weight excluding hydrogens is 244 g/mol. The van der Waals surface area contributed by atoms with Gasteiger partial charge in [0.15, 0.2) is 5.82 Å². The molecule has 2 heterocycles. The summed E-state index contributed by atoms with van der Waals surface area (Å²) in [4.78, 5) is 19.4. The van der Waals surface area contributed by atoms with Crippen molar-refractivity contribution >= 4 is 17.0 Å². The fourth-order valence-electron chi connectivity index (χ4n) is 1.83. The van der Waals surface area contributed by atoms with E-state index in [9.17, 15) is 4.79 Å². The number of aryl methyl sites for hydroxylation is 1. The fourth-order valence-corrected chi connectivity index (χ4v) is 1.83. The van der Waals surface area contributed by atoms with E-state index in [1.54, 1.807) is 18.3 Å². The van der Waals surface area contributed by atoms with E-state index in [2.05, 4.69) is 20.2 Å². The molecule has 0 fully saturated rings. The van der Waals surface area contributed by atoms with E-state index in [1.165, 1.54) is 12.1 Å². The van der Waals surface area contributed by atoms with Crippen LogP contribution in [0.4, 0.5) is 0 Å². The Balaban J connectivity index is 2.08. The van der Waals surface area contributed by atoms with E-state index < -0.39 is 5.97 Å². The van der Waals surface area contributed by atoms with Crippen LogP contribution >= 0.6 is 0 Å². The van der Waals surface area contributed by atoms with Gasteiger partial charge >= 0.3 is 5.97 Å². The molecule has 0 aliphatic heterocycles. The molecule has 19 heavy (non-hydrogen) atoms. The molecule has 0 atom stereocenters. The third-order valence-electron chi connectivity index (χ3n) is 2.86. The number of hydrogen-bond donors (Lipinski definition) is 2. The topological polar surface area (TPSA) is 91.8 Å². The molecule has 2 aromatic heterocycles. The average molecular weight is 254 g/mol. The molecule has 0 saturated carbocycles. The van der Waals surface area contributed by atoms with Crippen molar-refractivity contribution in [2.45, 2.75) is 6.92 Å². The molecule has 0 saturated heterocycles. The van der Waals surface area contributed by atoms with E-state index >= 15 is 0 Å². The Bertz CT molecular complexity index is 762. The number of carboxylic acids is 1. The van der Waals surface area contributed by atoms with Crippen molar-refractivity contribution < 1.29 is 9.90 Å². The zero-order valence-corrected chi connectivity index (χ0v) is 10.1. The summed E-state index contributed by atoms with van der Waals surface area (Å²) in [6.07, 6.45) is 1.65. The Morgan fingerprint density at radius 2 is 2.00 bits per heavy atom. The van der Waals surface area contributed by atoms with E-state index in [1.807, 2.05) is 6.92 Å². The summed E-state index contributed by atoms with van der Waals surface area (Å²) in [6, 6.07) is 6.46. The number of aromatic amines is 1. The largest absolute Gasteiger partial charge is 0.478 e. The second-order valence-corrected chi connectivity index (χ2v) is 4.16. The smallest absolute Gasteiger partial charge is 0.335 e. The lowest BCUT2D eigenvalue weighted by molar-refractivity contribution is 0.0697. The fraction of sp³-hybridized carbons (Fsp3) is 0.0769. The van der Waals surface area contributed by atoms with Gasteiger partial charge in [0.1, 0.15) is 11.0 Å². The summed E-state index contributed by atoms with van der Waals surface area (Å²) in [5.41, 5.74) is 3.37. The van der Waals surface area contributed by atoms with Gasteiger partial charge in [-0.05, 0) is 19.1 Å². The van der Waals surface area contributed by atoms with Gasteiger partial charge < -0.3 is 5.11 Å². The van der Waals surface area contributed by atoms with Crippen LogP contribution in [0.1, 0.15) is 16.1 Å². The second kappa shape index (κ2) is 4.16. The van der Waals surface area contributed by atoms with Crippen molar-refractivity contribution in [1.82, 2.24) is 20.2 Å². The summed E-state index contributed by atoms with van der Waals surface area (Å²) in [5.74, 6) is -0.400. The number of hydrogen-bond acceptors (Lipinski definition) is 4. The summed E-state index contributed by atoms with van der Waals surface area (Å²) in [6.45, 7) is 1.89. The lowest BCUT2D eigenvalue weighted by atomic mass is 10.1. The summed E-state index contributed by atoms with van der Waals surface area (Å²) < 4.78 is 0. The average Bonchev–Trinajstić information content (AvgIpc) is 2.80. The van der Waals surface area contributed by atoms with Crippen molar-refractivity contribution in [3.8, 4) is 11.4 Å². The third kappa shape index (κ3) is 1.93. The van der Waals surface area contributed by atoms with Gasteiger partial charge in [0.2, 0.25) is 0 Å². The van der Waals surface area contributed by atoms with Gasteiger partial charge in [-0.25, -0.2) is 14.8 Å². The van der Waals surface area contributed by atoms with Crippen LogP contribution in [-0.2, 0) is 0 Å². The Labute approximate surface area is 108 Å². The molecule has 94 valence electrons. The molecule has 3 aromatic rings. The van der Waals surface area contributed by atoms with Gasteiger partial charge in [-0.15, -0.1) is 0 Å². The van der Waals surface area contributed by atoms with Crippen LogP contribution < -0.4 is 0 Å². The van der Waals surface area contributed by atoms with Gasteiger partial charge in [0.05, 0.1) is 17.5 Å². The van der Waals surface area contributed by atoms with Gasteiger partial charge in [0.25, 0.3) is 0 Å². The van der Waals surface area contributed by atoms with Crippen LogP contribution in [0.2, 0.25) is 0 Å². The molecule has 0 unspecified atom stereocenters. The lowest BCUT2D eigenvalue weighted by Crippen LogP contribution is -1.96. The second-order valence-electron chi connectivity index (χ2n) is 4.16. The summed E-state index contributed by atoms with van der Waals surface area (Å²) >= 11 is 0. The van der Waals surface area contributed by atoms with Gasteiger partial charge in [-0.2, -0.15) is 5.10 Å². The highest BCUT2D eigenvalue weighted by molar-refractivity contribution is 5.88. The van der Waals surface area contributed by atoms with Crippen LogP contribution in [0, 0.1) is 6.92 Å². The molecule has 2 N–H and O–H groups in total. The molecule has 0 spiro atoms. The molecule has 0 aliphatic carbocycles. The van der Waals surface area contributed by atoms with Crippen LogP contribution in [0.3, 0.4) is 0 Å². The van der Waals surface area contributed by atoms with Crippen LogP contribution in [-0.4, -0.2) is 31.2 Å². The van der Waals surface area contributed by atoms with Crippen molar-refractivity contribution in [3.05, 3.63) is 41.7 Å². The molecule has 6 heteroatoms. The van der Waals surface area contributed by atoms with E-state index in [4.69, 9.17) is 5.11 Å². The summed E-state index contributed by atoms with van der Waals surface area (Å²) in [5, 5.41) is 15.8. The monoisotopic (exact) mass is 254 g/mol. The molecule has 1 aromatic carbocycles. The van der Waals surface area contributed by atoms with Crippen molar-refractivity contribution in [2.24, 2.45) is 0 Å². The number of carbonyl (C=O) groups is 1. The maximum absolute atomic E-state index is 10.8. The highest BCUT2D eigenvalue weighted by Crippen LogP contribution is 2.19. The molecular formula is C13H10N4O2. The molecule has 0 radical (unpaired) electrons. The number of carboxylic acid groups (broad SMARTS) is 1. The molecule has 6 nitrogen and oxygen atoms in total. The van der Waals surface area contributed by atoms with Crippen molar-refractivity contribution in [2.75, 3.05) is 0 Å². The van der Waals surface area contributed by atoms with Gasteiger partial charge in [-0.1, -0.05) is 12.1 Å². The maximum Gasteiger partial charge on any atom is 0.335 e. The number of benzene rings is 1. The predicted molar refractivity (Wildman–Crippen MR) is 68.8 cm³/mol. The summed E-state index contributed by atoms with van der Waals surface area (Å²) in [7, 11) is 0. The highest BCUT2D eigenvalue weighted by atomic mass is 16.4. The number of nitrogens with zero attached hydrogens (tertiary/aromatic N) is 3. The molecule has 0 bridgehead atoms. The van der Waals surface area contributed by atoms with Crippen LogP contribution in [0.25, 0.3) is 22.4 Å². The third-order valence-corrected chi connectivity index (χ3v) is 2.86. The van der Waals surface area contributed by atoms with E-state index in [0.29, 0.717) is 11.3 Å². The number of aromatic carboxylic acids is 1. The number of rotatable bonds is 2. The number of H-pyrrole nitrogens is 1. The van der Waals surface area contributed by atoms with Crippen molar-refractivity contribution in [1.29, 1.82) is 0 Å². The maximum atomic E-state index is 10.8. The highest BCUT2D eigenvalue weighted by Gasteiger charge is 2.08. The quantitative estimate of drug-likeness (QED) is 0.730. The standard InChI is InChI=1S/C13H10N4O2/c1-7-11-10(17-16-7)6-14-12(15-11)8-2-4-9(5-3-8)13(18)19/h2-6H,1H3,(H,16,17)(H,18,19). The van der Waals surface area contributed by atoms with Crippen LogP contribution in [0.15, 0.2) is 30.5 Å². The normalized spacial score (nSPS) is 10.8. The lowest BCUT2D eigenvalue weighted by Gasteiger charge is -2.01. The Morgan fingerprint density at radius 3 is 2.68 bits per heavy atom. The minimum atomic E-state index is -0.950. The van der Waals surface area contributed by atoms with E-state index in [0.717, 1.165) is 16.8 Å². The van der Waals surface area contributed by atoms with Gasteiger partial charge in [-0.3, -0.25) is 5.10 Å². The number of fused-ring (bicyclic) bond motifs is 1. The zero-order valence-electron chi connectivity index (χ0n) is 10.1.